The van der Waals surface area contributed by atoms with Gasteiger partial charge >= 0.3 is 0 Å². The van der Waals surface area contributed by atoms with Crippen molar-refractivity contribution in [3.8, 4) is 5.69 Å². The maximum absolute atomic E-state index is 4.55. The van der Waals surface area contributed by atoms with Crippen molar-refractivity contribution in [3.63, 3.8) is 0 Å². The van der Waals surface area contributed by atoms with Gasteiger partial charge in [-0.3, -0.25) is 9.97 Å². The first kappa shape index (κ1) is 13.4. The quantitative estimate of drug-likeness (QED) is 0.771. The molecule has 1 unspecified atom stereocenters. The standard InChI is InChI=1S/C15H16N6/c1-2-17-15(13-10-16-8-9-18-13)14-11-19-21(20-14)12-6-4-3-5-7-12/h3-11,15,17H,2H2,1H3. The zero-order valence-electron chi connectivity index (χ0n) is 11.7. The van der Waals surface area contributed by atoms with Gasteiger partial charge in [0.05, 0.1) is 29.8 Å². The summed E-state index contributed by atoms with van der Waals surface area (Å²) in [6, 6.07) is 9.71. The molecule has 0 aliphatic carbocycles. The van der Waals surface area contributed by atoms with E-state index in [2.05, 4.69) is 25.5 Å². The Labute approximate surface area is 122 Å². The van der Waals surface area contributed by atoms with Crippen LogP contribution in [-0.2, 0) is 0 Å². The van der Waals surface area contributed by atoms with E-state index in [0.717, 1.165) is 23.6 Å². The Morgan fingerprint density at radius 2 is 1.95 bits per heavy atom. The lowest BCUT2D eigenvalue weighted by atomic mass is 10.1. The van der Waals surface area contributed by atoms with E-state index in [1.807, 2.05) is 37.3 Å². The number of aromatic nitrogens is 5. The summed E-state index contributed by atoms with van der Waals surface area (Å²) in [4.78, 5) is 10.1. The molecule has 1 aromatic carbocycles. The van der Waals surface area contributed by atoms with Gasteiger partial charge in [0.2, 0.25) is 0 Å². The lowest BCUT2D eigenvalue weighted by Crippen LogP contribution is -2.23. The fraction of sp³-hybridized carbons (Fsp3) is 0.200. The Morgan fingerprint density at radius 3 is 2.67 bits per heavy atom. The molecule has 6 heteroatoms. The van der Waals surface area contributed by atoms with Gasteiger partial charge in [-0.2, -0.15) is 15.0 Å². The molecule has 2 heterocycles. The summed E-state index contributed by atoms with van der Waals surface area (Å²) in [5.41, 5.74) is 2.58. The average molecular weight is 280 g/mol. The minimum absolute atomic E-state index is 0.110. The summed E-state index contributed by atoms with van der Waals surface area (Å²) >= 11 is 0. The molecule has 0 radical (unpaired) electrons. The molecule has 106 valence electrons. The number of nitrogens with zero attached hydrogens (tertiary/aromatic N) is 5. The highest BCUT2D eigenvalue weighted by atomic mass is 15.5. The molecule has 1 atom stereocenters. The van der Waals surface area contributed by atoms with Gasteiger partial charge in [-0.25, -0.2) is 0 Å². The molecule has 2 aromatic heterocycles. The van der Waals surface area contributed by atoms with Crippen molar-refractivity contribution in [2.75, 3.05) is 6.54 Å². The Balaban J connectivity index is 1.93. The maximum Gasteiger partial charge on any atom is 0.106 e. The van der Waals surface area contributed by atoms with Crippen LogP contribution in [0.4, 0.5) is 0 Å². The smallest absolute Gasteiger partial charge is 0.106 e. The van der Waals surface area contributed by atoms with Crippen molar-refractivity contribution < 1.29 is 0 Å². The molecule has 0 saturated carbocycles. The molecule has 0 fully saturated rings. The Bertz CT molecular complexity index is 680. The van der Waals surface area contributed by atoms with Crippen molar-refractivity contribution in [2.45, 2.75) is 13.0 Å². The number of nitrogens with one attached hydrogen (secondary N) is 1. The van der Waals surface area contributed by atoms with Crippen LogP contribution < -0.4 is 5.32 Å². The fourth-order valence-electron chi connectivity index (χ4n) is 2.12. The minimum atomic E-state index is -0.110. The van der Waals surface area contributed by atoms with Gasteiger partial charge < -0.3 is 5.32 Å². The summed E-state index contributed by atoms with van der Waals surface area (Å²) in [7, 11) is 0. The van der Waals surface area contributed by atoms with Crippen molar-refractivity contribution in [3.05, 3.63) is 66.5 Å². The van der Waals surface area contributed by atoms with E-state index in [1.165, 1.54) is 0 Å². The van der Waals surface area contributed by atoms with Crippen LogP contribution in [0.3, 0.4) is 0 Å². The summed E-state index contributed by atoms with van der Waals surface area (Å²) < 4.78 is 0. The van der Waals surface area contributed by atoms with Gasteiger partial charge in [0.25, 0.3) is 0 Å². The highest BCUT2D eigenvalue weighted by molar-refractivity contribution is 5.29. The molecule has 6 nitrogen and oxygen atoms in total. The highest BCUT2D eigenvalue weighted by Crippen LogP contribution is 2.17. The fourth-order valence-corrected chi connectivity index (χ4v) is 2.12. The molecule has 1 N–H and O–H groups in total. The van der Waals surface area contributed by atoms with Crippen molar-refractivity contribution in [2.24, 2.45) is 0 Å². The molecule has 0 amide bonds. The van der Waals surface area contributed by atoms with E-state index in [-0.39, 0.29) is 6.04 Å². The normalized spacial score (nSPS) is 12.2. The van der Waals surface area contributed by atoms with Crippen molar-refractivity contribution in [1.82, 2.24) is 30.3 Å². The molecule has 3 rings (SSSR count). The van der Waals surface area contributed by atoms with E-state index >= 15 is 0 Å². The largest absolute Gasteiger partial charge is 0.304 e. The van der Waals surface area contributed by atoms with E-state index in [0.29, 0.717) is 0 Å². The van der Waals surface area contributed by atoms with Crippen LogP contribution in [0.15, 0.2) is 55.1 Å². The van der Waals surface area contributed by atoms with Gasteiger partial charge in [0, 0.05) is 12.4 Å². The number of hydrogen-bond donors (Lipinski definition) is 1. The first-order valence-corrected chi connectivity index (χ1v) is 6.85. The molecule has 0 spiro atoms. The van der Waals surface area contributed by atoms with Crippen LogP contribution in [0, 0.1) is 0 Å². The van der Waals surface area contributed by atoms with Gasteiger partial charge in [-0.1, -0.05) is 25.1 Å². The summed E-state index contributed by atoms with van der Waals surface area (Å²) in [5, 5.41) is 12.2. The lowest BCUT2D eigenvalue weighted by molar-refractivity contribution is 0.589. The lowest BCUT2D eigenvalue weighted by Gasteiger charge is -2.13. The first-order chi connectivity index (χ1) is 10.4. The number of para-hydroxylation sites is 1. The van der Waals surface area contributed by atoms with Gasteiger partial charge in [-0.05, 0) is 18.7 Å². The predicted octanol–water partition coefficient (Wildman–Crippen LogP) is 1.76. The van der Waals surface area contributed by atoms with Crippen LogP contribution in [0.1, 0.15) is 24.4 Å². The number of benzene rings is 1. The Hall–Kier alpha value is -2.60. The second-order valence-electron chi connectivity index (χ2n) is 4.52. The minimum Gasteiger partial charge on any atom is -0.304 e. The van der Waals surface area contributed by atoms with Gasteiger partial charge in [-0.15, -0.1) is 0 Å². The summed E-state index contributed by atoms with van der Waals surface area (Å²) in [6.07, 6.45) is 6.85. The molecule has 0 saturated heterocycles. The van der Waals surface area contributed by atoms with E-state index in [1.54, 1.807) is 29.6 Å². The van der Waals surface area contributed by atoms with Gasteiger partial charge in [0.1, 0.15) is 5.69 Å². The highest BCUT2D eigenvalue weighted by Gasteiger charge is 2.18. The molecule has 0 aliphatic heterocycles. The second kappa shape index (κ2) is 6.23. The van der Waals surface area contributed by atoms with E-state index < -0.39 is 0 Å². The molecular weight excluding hydrogens is 264 g/mol. The van der Waals surface area contributed by atoms with E-state index in [4.69, 9.17) is 0 Å². The number of hydrogen-bond acceptors (Lipinski definition) is 5. The SMILES string of the molecule is CCNC(c1cnccn1)c1cnn(-c2ccccc2)n1. The summed E-state index contributed by atoms with van der Waals surface area (Å²) in [6.45, 7) is 2.85. The van der Waals surface area contributed by atoms with Crippen LogP contribution in [0.2, 0.25) is 0 Å². The Kier molecular flexibility index (Phi) is 3.97. The maximum atomic E-state index is 4.55. The van der Waals surface area contributed by atoms with E-state index in [9.17, 15) is 0 Å². The van der Waals surface area contributed by atoms with Crippen LogP contribution in [0.5, 0.6) is 0 Å². The zero-order valence-corrected chi connectivity index (χ0v) is 11.7. The molecule has 3 aromatic rings. The van der Waals surface area contributed by atoms with Crippen LogP contribution >= 0.6 is 0 Å². The third-order valence-electron chi connectivity index (χ3n) is 3.08. The summed E-state index contributed by atoms with van der Waals surface area (Å²) in [5.74, 6) is 0. The molecule has 0 bridgehead atoms. The van der Waals surface area contributed by atoms with Crippen molar-refractivity contribution in [1.29, 1.82) is 0 Å². The third kappa shape index (κ3) is 2.95. The monoisotopic (exact) mass is 280 g/mol. The second-order valence-corrected chi connectivity index (χ2v) is 4.52. The molecule has 21 heavy (non-hydrogen) atoms. The predicted molar refractivity (Wildman–Crippen MR) is 78.9 cm³/mol. The third-order valence-corrected chi connectivity index (χ3v) is 3.08. The van der Waals surface area contributed by atoms with Gasteiger partial charge in [0.15, 0.2) is 0 Å². The topological polar surface area (TPSA) is 68.5 Å². The zero-order chi connectivity index (χ0) is 14.5. The molecular formula is C15H16N6. The Morgan fingerprint density at radius 1 is 1.10 bits per heavy atom. The van der Waals surface area contributed by atoms with Crippen molar-refractivity contribution >= 4 is 0 Å². The molecule has 0 aliphatic rings. The average Bonchev–Trinajstić information content (AvgIpc) is 3.04. The van der Waals surface area contributed by atoms with Crippen LogP contribution in [-0.4, -0.2) is 31.5 Å². The first-order valence-electron chi connectivity index (χ1n) is 6.85. The van der Waals surface area contributed by atoms with Crippen LogP contribution in [0.25, 0.3) is 5.69 Å². The number of rotatable bonds is 5.